The minimum absolute atomic E-state index is 0.0545. The van der Waals surface area contributed by atoms with Gasteiger partial charge in [0.1, 0.15) is 0 Å². The summed E-state index contributed by atoms with van der Waals surface area (Å²) >= 11 is 6.11. The van der Waals surface area contributed by atoms with Crippen LogP contribution in [0.5, 0.6) is 0 Å². The van der Waals surface area contributed by atoms with E-state index in [1.807, 2.05) is 12.1 Å². The summed E-state index contributed by atoms with van der Waals surface area (Å²) in [4.78, 5) is 16.1. The summed E-state index contributed by atoms with van der Waals surface area (Å²) in [6.45, 7) is 0.335. The first-order valence-electron chi connectivity index (χ1n) is 6.30. The molecule has 0 saturated heterocycles. The molecule has 1 aromatic carbocycles. The van der Waals surface area contributed by atoms with Gasteiger partial charge in [-0.1, -0.05) is 11.6 Å². The maximum Gasteiger partial charge on any atom is 0.238 e. The summed E-state index contributed by atoms with van der Waals surface area (Å²) in [6.07, 6.45) is 4.02. The molecule has 1 heterocycles. The highest BCUT2D eigenvalue weighted by atomic mass is 35.5. The Labute approximate surface area is 116 Å². The number of aromatic nitrogens is 1. The van der Waals surface area contributed by atoms with Gasteiger partial charge in [0, 0.05) is 17.6 Å². The smallest absolute Gasteiger partial charge is 0.238 e. The normalized spacial score (nSPS) is 14.6. The van der Waals surface area contributed by atoms with Gasteiger partial charge >= 0.3 is 0 Å². The van der Waals surface area contributed by atoms with Gasteiger partial charge in [0.2, 0.25) is 5.91 Å². The number of hydrogen-bond acceptors (Lipinski definition) is 3. The molecule has 0 atom stereocenters. The summed E-state index contributed by atoms with van der Waals surface area (Å²) in [6, 6.07) is 7.80. The molecular formula is C14H14ClN3O. The Kier molecular flexibility index (Phi) is 3.36. The Hall–Kier alpha value is -1.65. The fourth-order valence-corrected chi connectivity index (χ4v) is 2.17. The van der Waals surface area contributed by atoms with Gasteiger partial charge in [-0.05, 0) is 37.1 Å². The maximum absolute atomic E-state index is 11.8. The molecule has 98 valence electrons. The van der Waals surface area contributed by atoms with Gasteiger partial charge in [0.05, 0.1) is 22.8 Å². The van der Waals surface area contributed by atoms with Gasteiger partial charge in [-0.25, -0.2) is 0 Å². The van der Waals surface area contributed by atoms with Gasteiger partial charge in [-0.15, -0.1) is 0 Å². The molecule has 1 aromatic heterocycles. The zero-order valence-corrected chi connectivity index (χ0v) is 11.1. The molecule has 3 rings (SSSR count). The van der Waals surface area contributed by atoms with E-state index in [0.29, 0.717) is 23.3 Å². The van der Waals surface area contributed by atoms with Crippen molar-refractivity contribution in [2.24, 2.45) is 0 Å². The summed E-state index contributed by atoms with van der Waals surface area (Å²) < 4.78 is 0. The van der Waals surface area contributed by atoms with Crippen molar-refractivity contribution < 1.29 is 4.79 Å². The summed E-state index contributed by atoms with van der Waals surface area (Å²) in [5.41, 5.74) is 1.41. The Morgan fingerprint density at radius 2 is 2.21 bits per heavy atom. The Balaban J connectivity index is 1.80. The lowest BCUT2D eigenvalue weighted by atomic mass is 10.2. The predicted molar refractivity (Wildman–Crippen MR) is 76.4 cm³/mol. The van der Waals surface area contributed by atoms with Crippen molar-refractivity contribution in [1.82, 2.24) is 10.3 Å². The van der Waals surface area contributed by atoms with E-state index in [9.17, 15) is 4.79 Å². The number of fused-ring (bicyclic) bond motifs is 1. The monoisotopic (exact) mass is 275 g/mol. The molecule has 0 radical (unpaired) electrons. The first-order valence-corrected chi connectivity index (χ1v) is 6.68. The number of carbonyl (C=O) groups is 1. The number of amides is 1. The van der Waals surface area contributed by atoms with E-state index in [4.69, 9.17) is 11.6 Å². The van der Waals surface area contributed by atoms with Crippen LogP contribution >= 0.6 is 11.6 Å². The third kappa shape index (κ3) is 2.85. The van der Waals surface area contributed by atoms with Crippen LogP contribution < -0.4 is 10.6 Å². The van der Waals surface area contributed by atoms with Gasteiger partial charge in [0.15, 0.2) is 0 Å². The molecule has 0 aliphatic heterocycles. The molecule has 1 fully saturated rings. The summed E-state index contributed by atoms with van der Waals surface area (Å²) in [5, 5.41) is 7.53. The van der Waals surface area contributed by atoms with Crippen LogP contribution in [0.2, 0.25) is 5.02 Å². The SMILES string of the molecule is O=C(CNC1CC1)Nc1ccc(Cl)c2cccnc12. The summed E-state index contributed by atoms with van der Waals surface area (Å²) in [5.74, 6) is -0.0545. The van der Waals surface area contributed by atoms with Gasteiger partial charge in [-0.2, -0.15) is 0 Å². The van der Waals surface area contributed by atoms with Crippen molar-refractivity contribution in [2.75, 3.05) is 11.9 Å². The number of halogens is 1. The van der Waals surface area contributed by atoms with Crippen molar-refractivity contribution in [3.8, 4) is 0 Å². The van der Waals surface area contributed by atoms with E-state index in [1.54, 1.807) is 18.3 Å². The Morgan fingerprint density at radius 3 is 3.00 bits per heavy atom. The molecular weight excluding hydrogens is 262 g/mol. The molecule has 0 unspecified atom stereocenters. The number of nitrogens with one attached hydrogen (secondary N) is 2. The van der Waals surface area contributed by atoms with Crippen molar-refractivity contribution in [3.05, 3.63) is 35.5 Å². The number of anilines is 1. The van der Waals surface area contributed by atoms with Crippen molar-refractivity contribution in [3.63, 3.8) is 0 Å². The van der Waals surface area contributed by atoms with Crippen molar-refractivity contribution >= 4 is 34.1 Å². The van der Waals surface area contributed by atoms with Crippen LogP contribution in [0.4, 0.5) is 5.69 Å². The molecule has 1 saturated carbocycles. The van der Waals surface area contributed by atoms with Crippen LogP contribution in [0.3, 0.4) is 0 Å². The van der Waals surface area contributed by atoms with E-state index in [-0.39, 0.29) is 5.91 Å². The quantitative estimate of drug-likeness (QED) is 0.902. The molecule has 1 aliphatic carbocycles. The van der Waals surface area contributed by atoms with Crippen LogP contribution in [-0.4, -0.2) is 23.5 Å². The van der Waals surface area contributed by atoms with Crippen LogP contribution in [-0.2, 0) is 4.79 Å². The zero-order valence-electron chi connectivity index (χ0n) is 10.3. The van der Waals surface area contributed by atoms with Crippen LogP contribution in [0.25, 0.3) is 10.9 Å². The minimum atomic E-state index is -0.0545. The topological polar surface area (TPSA) is 54.0 Å². The largest absolute Gasteiger partial charge is 0.323 e. The van der Waals surface area contributed by atoms with E-state index >= 15 is 0 Å². The standard InChI is InChI=1S/C14H14ClN3O/c15-11-5-6-12(14-10(11)2-1-7-16-14)18-13(19)8-17-9-3-4-9/h1-2,5-7,9,17H,3-4,8H2,(H,18,19). The van der Waals surface area contributed by atoms with Crippen LogP contribution in [0.15, 0.2) is 30.5 Å². The van der Waals surface area contributed by atoms with Gasteiger partial charge in [-0.3, -0.25) is 9.78 Å². The second-order valence-corrected chi connectivity index (χ2v) is 5.11. The third-order valence-electron chi connectivity index (χ3n) is 3.12. The lowest BCUT2D eigenvalue weighted by molar-refractivity contribution is -0.115. The van der Waals surface area contributed by atoms with Crippen LogP contribution in [0, 0.1) is 0 Å². The molecule has 2 aromatic rings. The number of nitrogens with zero attached hydrogens (tertiary/aromatic N) is 1. The Morgan fingerprint density at radius 1 is 1.37 bits per heavy atom. The van der Waals surface area contributed by atoms with E-state index in [1.165, 1.54) is 12.8 Å². The summed E-state index contributed by atoms with van der Waals surface area (Å²) in [7, 11) is 0. The predicted octanol–water partition coefficient (Wildman–Crippen LogP) is 2.58. The average Bonchev–Trinajstić information content (AvgIpc) is 3.24. The fraction of sp³-hybridized carbons (Fsp3) is 0.286. The van der Waals surface area contributed by atoms with Gasteiger partial charge in [0.25, 0.3) is 0 Å². The van der Waals surface area contributed by atoms with E-state index < -0.39 is 0 Å². The first kappa shape index (κ1) is 12.4. The molecule has 1 aliphatic rings. The van der Waals surface area contributed by atoms with Crippen molar-refractivity contribution in [1.29, 1.82) is 0 Å². The third-order valence-corrected chi connectivity index (χ3v) is 3.45. The number of carbonyl (C=O) groups excluding carboxylic acids is 1. The lowest BCUT2D eigenvalue weighted by Crippen LogP contribution is -2.29. The fourth-order valence-electron chi connectivity index (χ4n) is 1.96. The van der Waals surface area contributed by atoms with Gasteiger partial charge < -0.3 is 10.6 Å². The molecule has 4 nitrogen and oxygen atoms in total. The van der Waals surface area contributed by atoms with Crippen LogP contribution in [0.1, 0.15) is 12.8 Å². The number of rotatable bonds is 4. The lowest BCUT2D eigenvalue weighted by Gasteiger charge is -2.09. The number of pyridine rings is 1. The maximum atomic E-state index is 11.8. The highest BCUT2D eigenvalue weighted by Gasteiger charge is 2.21. The number of hydrogen-bond donors (Lipinski definition) is 2. The molecule has 2 N–H and O–H groups in total. The van der Waals surface area contributed by atoms with E-state index in [2.05, 4.69) is 15.6 Å². The number of benzene rings is 1. The molecule has 5 heteroatoms. The Bertz CT molecular complexity index is 625. The van der Waals surface area contributed by atoms with E-state index in [0.717, 1.165) is 10.9 Å². The molecule has 19 heavy (non-hydrogen) atoms. The molecule has 0 bridgehead atoms. The second-order valence-electron chi connectivity index (χ2n) is 4.70. The first-order chi connectivity index (χ1) is 9.24. The molecule has 1 amide bonds. The highest BCUT2D eigenvalue weighted by Crippen LogP contribution is 2.27. The molecule has 0 spiro atoms. The minimum Gasteiger partial charge on any atom is -0.323 e. The highest BCUT2D eigenvalue weighted by molar-refractivity contribution is 6.35. The zero-order chi connectivity index (χ0) is 13.2. The second kappa shape index (κ2) is 5.15. The van der Waals surface area contributed by atoms with Crippen molar-refractivity contribution in [2.45, 2.75) is 18.9 Å². The average molecular weight is 276 g/mol.